The number of halogens is 5. The van der Waals surface area contributed by atoms with E-state index in [-0.39, 0.29) is 37.8 Å². The molecule has 7 nitrogen and oxygen atoms in total. The molecule has 2 aliphatic heterocycles. The molecule has 0 aliphatic carbocycles. The lowest BCUT2D eigenvalue weighted by molar-refractivity contribution is -0.155. The lowest BCUT2D eigenvalue weighted by Crippen LogP contribution is -2.42. The molecule has 0 radical (unpaired) electrons. The first-order chi connectivity index (χ1) is 16.1. The number of aryl methyl sites for hydroxylation is 2. The Hall–Kier alpha value is -2.56. The maximum absolute atomic E-state index is 13.5. The summed E-state index contributed by atoms with van der Waals surface area (Å²) in [6.45, 7) is 5.18. The molecule has 12 heteroatoms. The van der Waals surface area contributed by atoms with E-state index in [0.717, 1.165) is 17.0 Å². The van der Waals surface area contributed by atoms with E-state index in [9.17, 15) is 18.0 Å². The van der Waals surface area contributed by atoms with Crippen LogP contribution in [0.4, 0.5) is 18.9 Å². The number of alkyl halides is 3. The lowest BCUT2D eigenvalue weighted by atomic mass is 10.1. The zero-order chi connectivity index (χ0) is 24.2. The average Bonchev–Trinajstić information content (AvgIpc) is 3.25. The van der Waals surface area contributed by atoms with Crippen molar-refractivity contribution in [1.82, 2.24) is 24.8 Å². The summed E-state index contributed by atoms with van der Waals surface area (Å²) in [6, 6.07) is 5.55. The van der Waals surface area contributed by atoms with Gasteiger partial charge >= 0.3 is 6.18 Å². The topological polar surface area (TPSA) is 65.8 Å². The summed E-state index contributed by atoms with van der Waals surface area (Å²) in [5.74, 6) is -0.182. The number of rotatable bonds is 2. The van der Waals surface area contributed by atoms with Gasteiger partial charge < -0.3 is 15.1 Å². The Labute approximate surface area is 211 Å². The number of carbonyl (C=O) groups is 1. The summed E-state index contributed by atoms with van der Waals surface area (Å²) in [5, 5.41) is 7.77. The first kappa shape index (κ1) is 25.5. The summed E-state index contributed by atoms with van der Waals surface area (Å²) in [7, 11) is 0. The normalized spacial score (nSPS) is 18.4. The second kappa shape index (κ2) is 9.48. The number of fused-ring (bicyclic) bond motifs is 3. The highest BCUT2D eigenvalue weighted by atomic mass is 35.5. The molecule has 5 rings (SSSR count). The van der Waals surface area contributed by atoms with Gasteiger partial charge in [0.2, 0.25) is 0 Å². The summed E-state index contributed by atoms with van der Waals surface area (Å²) in [4.78, 5) is 21.7. The van der Waals surface area contributed by atoms with Gasteiger partial charge in [0.1, 0.15) is 6.04 Å². The zero-order valence-electron chi connectivity index (χ0n) is 19.2. The Bertz CT molecular complexity index is 1280. The number of benzene rings is 1. The van der Waals surface area contributed by atoms with Gasteiger partial charge in [-0.05, 0) is 32.4 Å². The van der Waals surface area contributed by atoms with Crippen molar-refractivity contribution in [3.63, 3.8) is 0 Å². The van der Waals surface area contributed by atoms with Crippen molar-refractivity contribution >= 4 is 41.2 Å². The van der Waals surface area contributed by atoms with Gasteiger partial charge in [-0.2, -0.15) is 18.3 Å². The third kappa shape index (κ3) is 4.54. The van der Waals surface area contributed by atoms with Crippen LogP contribution in [0.1, 0.15) is 39.4 Å². The second-order valence-corrected chi connectivity index (χ2v) is 9.14. The first-order valence-corrected chi connectivity index (χ1v) is 11.5. The Morgan fingerprint density at radius 1 is 1.17 bits per heavy atom. The fourth-order valence-corrected chi connectivity index (χ4v) is 4.87. The van der Waals surface area contributed by atoms with Crippen LogP contribution in [-0.2, 0) is 13.1 Å². The third-order valence-electron chi connectivity index (χ3n) is 6.57. The predicted molar refractivity (Wildman–Crippen MR) is 129 cm³/mol. The molecule has 1 saturated heterocycles. The SMILES string of the molecule is Cc1nc2c3c(nn2c(C)c1Cl)CN(C(=O)c1ccccc1N1CCNC(C(F)(F)F)CC1)C3.Cl. The number of anilines is 1. The maximum Gasteiger partial charge on any atom is 0.403 e. The molecule has 1 unspecified atom stereocenters. The zero-order valence-corrected chi connectivity index (χ0v) is 20.8. The summed E-state index contributed by atoms with van der Waals surface area (Å²) < 4.78 is 41.3. The molecule has 0 bridgehead atoms. The van der Waals surface area contributed by atoms with E-state index >= 15 is 0 Å². The monoisotopic (exact) mass is 528 g/mol. The largest absolute Gasteiger partial charge is 0.403 e. The fourth-order valence-electron chi connectivity index (χ4n) is 4.75. The molecule has 1 N–H and O–H groups in total. The van der Waals surface area contributed by atoms with Crippen molar-refractivity contribution in [2.24, 2.45) is 0 Å². The van der Waals surface area contributed by atoms with Crippen LogP contribution in [0.3, 0.4) is 0 Å². The minimum Gasteiger partial charge on any atom is -0.370 e. The van der Waals surface area contributed by atoms with Crippen LogP contribution in [-0.4, -0.2) is 57.3 Å². The van der Waals surface area contributed by atoms with Crippen molar-refractivity contribution in [1.29, 1.82) is 0 Å². The molecular formula is C23H25Cl2F3N6O. The standard InChI is InChI=1S/C23H24ClF3N6O.ClH/c1-13-20(24)14(2)33-21(29-13)16-11-32(12-17(16)30-33)22(34)15-5-3-4-6-18(15)31-9-7-19(23(25,26)27)28-8-10-31;/h3-6,19,28H,7-12H2,1-2H3;1H. The molecule has 35 heavy (non-hydrogen) atoms. The molecule has 1 fully saturated rings. The van der Waals surface area contributed by atoms with E-state index < -0.39 is 12.2 Å². The summed E-state index contributed by atoms with van der Waals surface area (Å²) in [6.07, 6.45) is -4.37. The van der Waals surface area contributed by atoms with Gasteiger partial charge in [0.25, 0.3) is 5.91 Å². The van der Waals surface area contributed by atoms with Crippen LogP contribution >= 0.6 is 24.0 Å². The van der Waals surface area contributed by atoms with Crippen LogP contribution in [0, 0.1) is 13.8 Å². The molecule has 1 aromatic carbocycles. The van der Waals surface area contributed by atoms with Gasteiger partial charge in [0.15, 0.2) is 5.65 Å². The molecular weight excluding hydrogens is 504 g/mol. The highest BCUT2D eigenvalue weighted by Crippen LogP contribution is 2.32. The Kier molecular flexibility index (Phi) is 6.91. The highest BCUT2D eigenvalue weighted by Gasteiger charge is 2.40. The van der Waals surface area contributed by atoms with Gasteiger partial charge in [-0.1, -0.05) is 23.7 Å². The van der Waals surface area contributed by atoms with Crippen LogP contribution in [0.2, 0.25) is 5.02 Å². The van der Waals surface area contributed by atoms with Crippen LogP contribution in [0.5, 0.6) is 0 Å². The third-order valence-corrected chi connectivity index (χ3v) is 7.12. The van der Waals surface area contributed by atoms with E-state index in [0.29, 0.717) is 47.2 Å². The van der Waals surface area contributed by atoms with Gasteiger partial charge in [0.05, 0.1) is 40.8 Å². The Balaban J connectivity index is 0.00000289. The molecule has 3 aromatic rings. The number of nitrogens with zero attached hydrogens (tertiary/aromatic N) is 5. The van der Waals surface area contributed by atoms with Gasteiger partial charge in [-0.3, -0.25) is 4.79 Å². The van der Waals surface area contributed by atoms with Crippen molar-refractivity contribution in [3.05, 3.63) is 57.5 Å². The first-order valence-electron chi connectivity index (χ1n) is 11.1. The number of hydrogen-bond donors (Lipinski definition) is 1. The predicted octanol–water partition coefficient (Wildman–Crippen LogP) is 4.31. The van der Waals surface area contributed by atoms with Gasteiger partial charge in [0, 0.05) is 30.9 Å². The molecule has 2 aliphatic rings. The van der Waals surface area contributed by atoms with Crippen LogP contribution < -0.4 is 10.2 Å². The molecule has 1 amide bonds. The molecule has 188 valence electrons. The fraction of sp³-hybridized carbons (Fsp3) is 0.435. The van der Waals surface area contributed by atoms with Gasteiger partial charge in [-0.25, -0.2) is 9.50 Å². The van der Waals surface area contributed by atoms with E-state index in [2.05, 4.69) is 15.4 Å². The van der Waals surface area contributed by atoms with Crippen LogP contribution in [0.15, 0.2) is 24.3 Å². The maximum atomic E-state index is 13.5. The smallest absolute Gasteiger partial charge is 0.370 e. The van der Waals surface area contributed by atoms with E-state index in [1.165, 1.54) is 0 Å². The van der Waals surface area contributed by atoms with Crippen LogP contribution in [0.25, 0.3) is 5.65 Å². The van der Waals surface area contributed by atoms with E-state index in [1.807, 2.05) is 18.7 Å². The highest BCUT2D eigenvalue weighted by molar-refractivity contribution is 6.31. The number of para-hydroxylation sites is 1. The number of hydrogen-bond acceptors (Lipinski definition) is 5. The minimum absolute atomic E-state index is 0. The molecule has 1 atom stereocenters. The second-order valence-electron chi connectivity index (χ2n) is 8.76. The van der Waals surface area contributed by atoms with Crippen molar-refractivity contribution in [2.75, 3.05) is 24.5 Å². The van der Waals surface area contributed by atoms with Crippen molar-refractivity contribution < 1.29 is 18.0 Å². The molecule has 0 spiro atoms. The Morgan fingerprint density at radius 2 is 1.91 bits per heavy atom. The number of aromatic nitrogens is 3. The average molecular weight is 529 g/mol. The molecule has 4 heterocycles. The molecule has 0 saturated carbocycles. The number of nitrogens with one attached hydrogen (secondary N) is 1. The minimum atomic E-state index is -4.29. The molecule has 2 aromatic heterocycles. The Morgan fingerprint density at radius 3 is 2.66 bits per heavy atom. The summed E-state index contributed by atoms with van der Waals surface area (Å²) in [5.41, 5.74) is 4.97. The number of carbonyl (C=O) groups excluding carboxylic acids is 1. The van der Waals surface area contributed by atoms with E-state index in [1.54, 1.807) is 33.7 Å². The lowest BCUT2D eigenvalue weighted by Gasteiger charge is -2.26. The van der Waals surface area contributed by atoms with Crippen molar-refractivity contribution in [2.45, 2.75) is 45.6 Å². The number of amides is 1. The summed E-state index contributed by atoms with van der Waals surface area (Å²) >= 11 is 6.32. The quantitative estimate of drug-likeness (QED) is 0.536. The van der Waals surface area contributed by atoms with Crippen molar-refractivity contribution in [3.8, 4) is 0 Å². The van der Waals surface area contributed by atoms with Gasteiger partial charge in [-0.15, -0.1) is 12.4 Å². The van der Waals surface area contributed by atoms with E-state index in [4.69, 9.17) is 11.6 Å².